The van der Waals surface area contributed by atoms with Gasteiger partial charge in [0.15, 0.2) is 0 Å². The van der Waals surface area contributed by atoms with Crippen molar-refractivity contribution >= 4 is 39.9 Å². The molecule has 0 aliphatic carbocycles. The van der Waals surface area contributed by atoms with Gasteiger partial charge in [0.2, 0.25) is 0 Å². The Kier molecular flexibility index (Phi) is 4.87. The third-order valence-corrected chi connectivity index (χ3v) is 5.64. The Hall–Kier alpha value is -2.60. The fraction of sp³-hybridized carbons (Fsp3) is 0.182. The average Bonchev–Trinajstić information content (AvgIpc) is 3.17. The summed E-state index contributed by atoms with van der Waals surface area (Å²) in [6.07, 6.45) is 5.28. The summed E-state index contributed by atoms with van der Waals surface area (Å²) >= 11 is 12.6. The Morgan fingerprint density at radius 1 is 0.931 bits per heavy atom. The molecule has 1 aliphatic heterocycles. The molecule has 0 atom stereocenters. The Morgan fingerprint density at radius 3 is 2.55 bits per heavy atom. The second-order valence-electron chi connectivity index (χ2n) is 7.00. The average molecular weight is 425 g/mol. The number of nitrogens with zero attached hydrogens (tertiary/aromatic N) is 3. The second kappa shape index (κ2) is 7.67. The molecule has 5 nitrogen and oxygen atoms in total. The highest BCUT2D eigenvalue weighted by Gasteiger charge is 2.14. The van der Waals surface area contributed by atoms with E-state index in [-0.39, 0.29) is 0 Å². The van der Waals surface area contributed by atoms with Crippen LogP contribution in [0.3, 0.4) is 0 Å². The van der Waals surface area contributed by atoms with E-state index < -0.39 is 0 Å². The molecule has 5 rings (SSSR count). The molecule has 7 heteroatoms. The van der Waals surface area contributed by atoms with Crippen molar-refractivity contribution in [1.29, 1.82) is 0 Å². The summed E-state index contributed by atoms with van der Waals surface area (Å²) < 4.78 is 5.41. The van der Waals surface area contributed by atoms with Crippen molar-refractivity contribution in [2.75, 3.05) is 31.2 Å². The second-order valence-corrected chi connectivity index (χ2v) is 7.84. The van der Waals surface area contributed by atoms with Crippen LogP contribution in [0.5, 0.6) is 0 Å². The van der Waals surface area contributed by atoms with E-state index in [2.05, 4.69) is 44.1 Å². The van der Waals surface area contributed by atoms with Crippen molar-refractivity contribution in [3.8, 4) is 22.4 Å². The molecule has 4 heterocycles. The molecule has 1 aromatic carbocycles. The highest BCUT2D eigenvalue weighted by molar-refractivity contribution is 6.34. The first-order valence-corrected chi connectivity index (χ1v) is 10.2. The molecule has 0 bridgehead atoms. The third kappa shape index (κ3) is 3.69. The normalized spacial score (nSPS) is 14.5. The van der Waals surface area contributed by atoms with Gasteiger partial charge >= 0.3 is 0 Å². The molecular weight excluding hydrogens is 407 g/mol. The van der Waals surface area contributed by atoms with E-state index in [1.165, 1.54) is 0 Å². The van der Waals surface area contributed by atoms with Crippen LogP contribution in [0.2, 0.25) is 10.0 Å². The van der Waals surface area contributed by atoms with E-state index in [1.807, 2.05) is 18.3 Å². The van der Waals surface area contributed by atoms with E-state index >= 15 is 0 Å². The molecule has 0 spiro atoms. The summed E-state index contributed by atoms with van der Waals surface area (Å²) in [5, 5.41) is 2.30. The largest absolute Gasteiger partial charge is 0.378 e. The lowest BCUT2D eigenvalue weighted by Gasteiger charge is -2.27. The van der Waals surface area contributed by atoms with Crippen molar-refractivity contribution in [1.82, 2.24) is 15.0 Å². The zero-order valence-electron chi connectivity index (χ0n) is 15.5. The first-order chi connectivity index (χ1) is 14.2. The van der Waals surface area contributed by atoms with Crippen molar-refractivity contribution in [2.24, 2.45) is 0 Å². The van der Waals surface area contributed by atoms with Crippen LogP contribution in [0.15, 0.2) is 55.0 Å². The predicted molar refractivity (Wildman–Crippen MR) is 118 cm³/mol. The predicted octanol–water partition coefficient (Wildman–Crippen LogP) is 5.44. The maximum absolute atomic E-state index is 6.53. The van der Waals surface area contributed by atoms with E-state index in [9.17, 15) is 0 Å². The van der Waals surface area contributed by atoms with Crippen molar-refractivity contribution < 1.29 is 4.74 Å². The first kappa shape index (κ1) is 18.4. The van der Waals surface area contributed by atoms with Gasteiger partial charge in [0.25, 0.3) is 0 Å². The number of fused-ring (bicyclic) bond motifs is 1. The van der Waals surface area contributed by atoms with Gasteiger partial charge in [0.05, 0.1) is 23.3 Å². The molecule has 0 saturated carbocycles. The quantitative estimate of drug-likeness (QED) is 0.475. The van der Waals surface area contributed by atoms with Crippen molar-refractivity contribution in [3.05, 3.63) is 65.0 Å². The zero-order chi connectivity index (χ0) is 19.8. The first-order valence-electron chi connectivity index (χ1n) is 9.40. The molecule has 4 aromatic rings. The number of H-pyrrole nitrogens is 1. The van der Waals surface area contributed by atoms with Crippen LogP contribution in [-0.2, 0) is 4.74 Å². The Morgan fingerprint density at radius 2 is 1.79 bits per heavy atom. The summed E-state index contributed by atoms with van der Waals surface area (Å²) in [4.78, 5) is 14.5. The summed E-state index contributed by atoms with van der Waals surface area (Å²) in [5.74, 6) is 0.979. The van der Waals surface area contributed by atoms with Gasteiger partial charge in [-0.25, -0.2) is 4.98 Å². The highest BCUT2D eigenvalue weighted by atomic mass is 35.5. The molecule has 0 amide bonds. The molecule has 3 aromatic heterocycles. The molecule has 0 radical (unpaired) electrons. The Bertz CT molecular complexity index is 1170. The number of ether oxygens (including phenoxy) is 1. The molecule has 1 N–H and O–H groups in total. The summed E-state index contributed by atoms with van der Waals surface area (Å²) in [5.41, 5.74) is 4.80. The minimum atomic E-state index is 0.583. The number of nitrogens with one attached hydrogen (secondary N) is 1. The van der Waals surface area contributed by atoms with Crippen molar-refractivity contribution in [3.63, 3.8) is 0 Å². The number of aromatic amines is 1. The van der Waals surface area contributed by atoms with Crippen LogP contribution in [0, 0.1) is 0 Å². The monoisotopic (exact) mass is 424 g/mol. The fourth-order valence-electron chi connectivity index (χ4n) is 3.62. The fourth-order valence-corrected chi connectivity index (χ4v) is 4.06. The van der Waals surface area contributed by atoms with Crippen LogP contribution < -0.4 is 4.90 Å². The molecule has 1 fully saturated rings. The van der Waals surface area contributed by atoms with Gasteiger partial charge in [0, 0.05) is 65.0 Å². The highest BCUT2D eigenvalue weighted by Crippen LogP contribution is 2.34. The summed E-state index contributed by atoms with van der Waals surface area (Å²) in [7, 11) is 0. The van der Waals surface area contributed by atoms with Crippen LogP contribution in [0.4, 0.5) is 5.82 Å². The molecule has 0 unspecified atom stereocenters. The van der Waals surface area contributed by atoms with E-state index in [0.717, 1.165) is 65.4 Å². The smallest absolute Gasteiger partial charge is 0.128 e. The number of hydrogen-bond acceptors (Lipinski definition) is 4. The lowest BCUT2D eigenvalue weighted by molar-refractivity contribution is 0.122. The van der Waals surface area contributed by atoms with E-state index in [1.54, 1.807) is 12.4 Å². The standard InChI is InChI=1S/C22H18Cl2N4O/c23-17-7-16(11-25-13-17)18-8-15-9-20(27-21(15)10-19(18)24)14-1-2-22(26-12-14)28-3-5-29-6-4-28/h1-2,7-13,27H,3-6H2. The van der Waals surface area contributed by atoms with Crippen molar-refractivity contribution in [2.45, 2.75) is 0 Å². The summed E-state index contributed by atoms with van der Waals surface area (Å²) in [6.45, 7) is 3.24. The van der Waals surface area contributed by atoms with Gasteiger partial charge in [-0.15, -0.1) is 0 Å². The third-order valence-electron chi connectivity index (χ3n) is 5.12. The lowest BCUT2D eigenvalue weighted by Crippen LogP contribution is -2.36. The van der Waals surface area contributed by atoms with Crippen LogP contribution in [0.1, 0.15) is 0 Å². The Labute approximate surface area is 178 Å². The number of rotatable bonds is 3. The molecule has 146 valence electrons. The minimum Gasteiger partial charge on any atom is -0.378 e. The van der Waals surface area contributed by atoms with Gasteiger partial charge in [-0.3, -0.25) is 4.98 Å². The maximum Gasteiger partial charge on any atom is 0.128 e. The Balaban J connectivity index is 1.48. The number of morpholine rings is 1. The molecular formula is C22H18Cl2N4O. The number of benzene rings is 1. The van der Waals surface area contributed by atoms with Gasteiger partial charge < -0.3 is 14.6 Å². The molecule has 1 saturated heterocycles. The topological polar surface area (TPSA) is 54.0 Å². The van der Waals surface area contributed by atoms with Gasteiger partial charge in [-0.2, -0.15) is 0 Å². The van der Waals surface area contributed by atoms with Gasteiger partial charge in [-0.05, 0) is 36.4 Å². The van der Waals surface area contributed by atoms with Crippen LogP contribution >= 0.6 is 23.2 Å². The minimum absolute atomic E-state index is 0.583. The number of pyridine rings is 2. The SMILES string of the molecule is Clc1cncc(-c2cc3cc(-c4ccc(N5CCOCC5)nc4)[nH]c3cc2Cl)c1. The zero-order valence-corrected chi connectivity index (χ0v) is 17.0. The maximum atomic E-state index is 6.53. The number of aromatic nitrogens is 3. The van der Waals surface area contributed by atoms with Crippen LogP contribution in [0.25, 0.3) is 33.3 Å². The van der Waals surface area contributed by atoms with E-state index in [4.69, 9.17) is 27.9 Å². The number of hydrogen-bond donors (Lipinski definition) is 1. The molecule has 1 aliphatic rings. The van der Waals surface area contributed by atoms with Gasteiger partial charge in [0.1, 0.15) is 5.82 Å². The summed E-state index contributed by atoms with van der Waals surface area (Å²) in [6, 6.07) is 12.1. The number of halogens is 2. The van der Waals surface area contributed by atoms with E-state index in [0.29, 0.717) is 10.0 Å². The van der Waals surface area contributed by atoms with Crippen LogP contribution in [-0.4, -0.2) is 41.3 Å². The molecule has 29 heavy (non-hydrogen) atoms. The lowest BCUT2D eigenvalue weighted by atomic mass is 10.1. The van der Waals surface area contributed by atoms with Gasteiger partial charge in [-0.1, -0.05) is 23.2 Å². The number of anilines is 1.